The Morgan fingerprint density at radius 3 is 2.74 bits per heavy atom. The molecule has 1 fully saturated rings. The number of benzene rings is 1. The third kappa shape index (κ3) is 5.40. The van der Waals surface area contributed by atoms with E-state index in [4.69, 9.17) is 9.72 Å². The topological polar surface area (TPSA) is 93.6 Å². The van der Waals surface area contributed by atoms with Crippen molar-refractivity contribution in [1.29, 1.82) is 0 Å². The molecule has 1 aliphatic heterocycles. The molecular formula is C29H32N2O5S2. The maximum Gasteiger partial charge on any atom is 0.339 e. The van der Waals surface area contributed by atoms with Crippen LogP contribution >= 0.6 is 11.3 Å². The molecule has 2 aliphatic rings. The van der Waals surface area contributed by atoms with Crippen molar-refractivity contribution in [2.45, 2.75) is 58.0 Å². The molecule has 1 aliphatic carbocycles. The van der Waals surface area contributed by atoms with Crippen molar-refractivity contribution in [3.63, 3.8) is 0 Å². The number of para-hydroxylation sites is 1. The Bertz CT molecular complexity index is 1490. The minimum atomic E-state index is -3.16. The van der Waals surface area contributed by atoms with Gasteiger partial charge in [-0.15, -0.1) is 11.3 Å². The largest absolute Gasteiger partial charge is 0.452 e. The van der Waals surface area contributed by atoms with Crippen LogP contribution in [0.25, 0.3) is 22.6 Å². The molecule has 200 valence electrons. The number of allylic oxidation sites excluding steroid dienone is 1. The third-order valence-electron chi connectivity index (χ3n) is 7.52. The smallest absolute Gasteiger partial charge is 0.339 e. The van der Waals surface area contributed by atoms with Crippen molar-refractivity contribution < 1.29 is 22.7 Å². The minimum absolute atomic E-state index is 0.0428. The van der Waals surface area contributed by atoms with Crippen molar-refractivity contribution in [2.24, 2.45) is 0 Å². The van der Waals surface area contributed by atoms with Crippen LogP contribution in [0.15, 0.2) is 41.8 Å². The molecule has 3 aromatic rings. The number of aromatic nitrogens is 1. The average Bonchev–Trinajstić information content (AvgIpc) is 3.55. The van der Waals surface area contributed by atoms with E-state index in [1.165, 1.54) is 0 Å². The zero-order chi connectivity index (χ0) is 26.9. The summed E-state index contributed by atoms with van der Waals surface area (Å²) < 4.78 is 29.8. The number of carbonyl (C=O) groups excluding carboxylic acids is 2. The lowest BCUT2D eigenvalue weighted by atomic mass is 9.86. The van der Waals surface area contributed by atoms with Crippen molar-refractivity contribution in [1.82, 2.24) is 9.88 Å². The predicted molar refractivity (Wildman–Crippen MR) is 151 cm³/mol. The zero-order valence-corrected chi connectivity index (χ0v) is 23.3. The maximum atomic E-state index is 13.6. The second-order valence-electron chi connectivity index (χ2n) is 10.1. The minimum Gasteiger partial charge on any atom is -0.452 e. The molecule has 2 atom stereocenters. The summed E-state index contributed by atoms with van der Waals surface area (Å²) in [7, 11) is -3.16. The Balaban J connectivity index is 1.45. The predicted octanol–water partition coefficient (Wildman–Crippen LogP) is 5.14. The Labute approximate surface area is 227 Å². The maximum absolute atomic E-state index is 13.6. The lowest BCUT2D eigenvalue weighted by Crippen LogP contribution is -2.48. The van der Waals surface area contributed by atoms with Gasteiger partial charge in [0.1, 0.15) is 0 Å². The van der Waals surface area contributed by atoms with E-state index in [1.807, 2.05) is 49.6 Å². The number of thiophene rings is 1. The van der Waals surface area contributed by atoms with Gasteiger partial charge in [-0.3, -0.25) is 4.79 Å². The summed E-state index contributed by atoms with van der Waals surface area (Å²) in [6.45, 7) is 3.43. The van der Waals surface area contributed by atoms with E-state index in [9.17, 15) is 18.0 Å². The van der Waals surface area contributed by atoms with E-state index in [0.29, 0.717) is 35.7 Å². The molecule has 7 nitrogen and oxygen atoms in total. The molecule has 0 radical (unpaired) electrons. The Hall–Kier alpha value is -3.04. The number of fused-ring (bicyclic) bond motifs is 2. The van der Waals surface area contributed by atoms with Crippen LogP contribution in [0.5, 0.6) is 0 Å². The van der Waals surface area contributed by atoms with E-state index >= 15 is 0 Å². The van der Waals surface area contributed by atoms with Gasteiger partial charge in [-0.2, -0.15) is 0 Å². The van der Waals surface area contributed by atoms with Crippen LogP contribution in [0.2, 0.25) is 0 Å². The fourth-order valence-corrected chi connectivity index (χ4v) is 7.92. The molecule has 0 N–H and O–H groups in total. The normalized spacial score (nSPS) is 20.3. The van der Waals surface area contributed by atoms with Gasteiger partial charge >= 0.3 is 5.97 Å². The Morgan fingerprint density at radius 1 is 1.21 bits per heavy atom. The summed E-state index contributed by atoms with van der Waals surface area (Å²) in [5.41, 5.74) is 3.94. The molecule has 0 bridgehead atoms. The number of rotatable bonds is 7. The number of sulfone groups is 1. The van der Waals surface area contributed by atoms with Gasteiger partial charge in [0.25, 0.3) is 5.91 Å². The first kappa shape index (κ1) is 26.6. The van der Waals surface area contributed by atoms with Crippen LogP contribution < -0.4 is 0 Å². The second kappa shape index (κ2) is 11.0. The molecule has 2 aromatic heterocycles. The first-order chi connectivity index (χ1) is 18.3. The summed E-state index contributed by atoms with van der Waals surface area (Å²) in [5.74, 6) is -0.874. The molecule has 9 heteroatoms. The van der Waals surface area contributed by atoms with Crippen molar-refractivity contribution >= 4 is 55.6 Å². The highest BCUT2D eigenvalue weighted by Crippen LogP contribution is 2.37. The molecule has 1 amide bonds. The Kier molecular flexibility index (Phi) is 7.68. The number of esters is 1. The number of pyridine rings is 1. The summed E-state index contributed by atoms with van der Waals surface area (Å²) in [4.78, 5) is 34.6. The van der Waals surface area contributed by atoms with E-state index in [-0.39, 0.29) is 29.5 Å². The van der Waals surface area contributed by atoms with Crippen molar-refractivity contribution in [3.8, 4) is 0 Å². The highest BCUT2D eigenvalue weighted by atomic mass is 32.2. The highest BCUT2D eigenvalue weighted by molar-refractivity contribution is 7.91. The molecule has 1 saturated heterocycles. The summed E-state index contributed by atoms with van der Waals surface area (Å²) in [5, 5.41) is 2.75. The van der Waals surface area contributed by atoms with Crippen molar-refractivity contribution in [2.75, 3.05) is 18.1 Å². The molecule has 38 heavy (non-hydrogen) atoms. The number of nitrogens with zero attached hydrogens (tertiary/aromatic N) is 2. The van der Waals surface area contributed by atoms with Crippen LogP contribution in [0.3, 0.4) is 0 Å². The first-order valence-corrected chi connectivity index (χ1v) is 15.8. The van der Waals surface area contributed by atoms with Crippen molar-refractivity contribution in [3.05, 3.63) is 63.5 Å². The lowest BCUT2D eigenvalue weighted by molar-refractivity contribution is -0.138. The molecular weight excluding hydrogens is 520 g/mol. The molecule has 1 aromatic carbocycles. The van der Waals surface area contributed by atoms with Crippen LogP contribution in [0.1, 0.15) is 66.0 Å². The van der Waals surface area contributed by atoms with Crippen LogP contribution in [0.4, 0.5) is 0 Å². The van der Waals surface area contributed by atoms with Gasteiger partial charge in [-0.05, 0) is 73.8 Å². The summed E-state index contributed by atoms with van der Waals surface area (Å²) >= 11 is 1.66. The van der Waals surface area contributed by atoms with Gasteiger partial charge in [-0.1, -0.05) is 31.2 Å². The monoisotopic (exact) mass is 552 g/mol. The Morgan fingerprint density at radius 2 is 2.03 bits per heavy atom. The standard InChI is InChI=1S/C29H32N2O5S2/c1-3-19(2)31(21-13-15-38(34,35)18-21)26(32)17-36-29(33)27-23-10-4-5-12-25(23)30-28-20(8-6-11-24(27)28)16-22-9-7-14-37-22/h4-5,7,9-10,12,14,16,19,21H,3,6,8,11,13,15,17-18H2,1-2H3/b20-16-/t19-,21+/m0/s1. The second-order valence-corrected chi connectivity index (χ2v) is 13.3. The number of hydrogen-bond acceptors (Lipinski definition) is 7. The zero-order valence-electron chi connectivity index (χ0n) is 21.7. The third-order valence-corrected chi connectivity index (χ3v) is 10.1. The molecule has 0 saturated carbocycles. The molecule has 0 unspecified atom stereocenters. The van der Waals surface area contributed by atoms with Gasteiger partial charge in [-0.25, -0.2) is 18.2 Å². The van der Waals surface area contributed by atoms with E-state index in [1.54, 1.807) is 16.2 Å². The molecule has 3 heterocycles. The van der Waals surface area contributed by atoms with Gasteiger partial charge in [0.15, 0.2) is 16.4 Å². The fraction of sp³-hybridized carbons (Fsp3) is 0.414. The number of ether oxygens (including phenoxy) is 1. The number of amides is 1. The van der Waals surface area contributed by atoms with Crippen LogP contribution in [-0.4, -0.2) is 60.4 Å². The highest BCUT2D eigenvalue weighted by Gasteiger charge is 2.37. The summed E-state index contributed by atoms with van der Waals surface area (Å²) in [6.07, 6.45) is 5.69. The lowest BCUT2D eigenvalue weighted by Gasteiger charge is -2.33. The molecule has 5 rings (SSSR count). The SMILES string of the molecule is CC[C@H](C)N(C(=O)COC(=O)c1c2c(nc3ccccc13)/C(=C\c1cccs1)CCC2)[C@@H]1CCS(=O)(=O)C1. The van der Waals surface area contributed by atoms with Crippen LogP contribution in [-0.2, 0) is 25.8 Å². The first-order valence-electron chi connectivity index (χ1n) is 13.1. The van der Waals surface area contributed by atoms with Gasteiger partial charge in [0.2, 0.25) is 0 Å². The number of carbonyl (C=O) groups is 2. The molecule has 0 spiro atoms. The van der Waals surface area contributed by atoms with E-state index in [2.05, 4.69) is 12.1 Å². The number of hydrogen-bond donors (Lipinski definition) is 0. The van der Waals surface area contributed by atoms with E-state index < -0.39 is 22.4 Å². The fourth-order valence-electron chi connectivity index (χ4n) is 5.53. The van der Waals surface area contributed by atoms with Gasteiger partial charge in [0.05, 0.1) is 28.3 Å². The quantitative estimate of drug-likeness (QED) is 0.377. The van der Waals surface area contributed by atoms with Gasteiger partial charge < -0.3 is 9.64 Å². The average molecular weight is 553 g/mol. The van der Waals surface area contributed by atoms with Crippen LogP contribution in [0, 0.1) is 0 Å². The van der Waals surface area contributed by atoms with Gasteiger partial charge in [0, 0.05) is 22.3 Å². The van der Waals surface area contributed by atoms with E-state index in [0.717, 1.165) is 34.5 Å². The summed E-state index contributed by atoms with van der Waals surface area (Å²) in [6, 6.07) is 11.1.